The van der Waals surface area contributed by atoms with Crippen molar-refractivity contribution in [1.82, 2.24) is 4.57 Å². The van der Waals surface area contributed by atoms with Crippen LogP contribution in [0.1, 0.15) is 19.8 Å². The molecule has 0 aliphatic heterocycles. The summed E-state index contributed by atoms with van der Waals surface area (Å²) in [4.78, 5) is 0. The van der Waals surface area contributed by atoms with Gasteiger partial charge in [-0.3, -0.25) is 0 Å². The topological polar surface area (TPSA) is 8.81 Å². The second-order valence-corrected chi connectivity index (χ2v) is 3.96. The van der Waals surface area contributed by atoms with Crippen molar-refractivity contribution in [2.75, 3.05) is 0 Å². The fraction of sp³-hybridized carbons (Fsp3) is 0.625. The Balaban J connectivity index is 0.000000336. The Bertz CT molecular complexity index is 266. The van der Waals surface area contributed by atoms with E-state index in [0.29, 0.717) is 0 Å². The first-order valence-electron chi connectivity index (χ1n) is 4.59. The third-order valence-corrected chi connectivity index (χ3v) is 1.59. The second-order valence-electron chi connectivity index (χ2n) is 3.10. The number of aromatic nitrogens is 2. The number of hydrogen-bond acceptors (Lipinski definition) is 0. The molecule has 1 rings (SSSR count). The maximum absolute atomic E-state index is 9.83. The van der Waals surface area contributed by atoms with Gasteiger partial charge in [-0.15, -0.1) is 0 Å². The van der Waals surface area contributed by atoms with Crippen molar-refractivity contribution in [2.45, 2.75) is 26.3 Å². The first-order chi connectivity index (χ1) is 6.83. The van der Waals surface area contributed by atoms with Gasteiger partial charge in [0.2, 0.25) is 6.33 Å². The van der Waals surface area contributed by atoms with E-state index in [0.717, 1.165) is 6.54 Å². The van der Waals surface area contributed by atoms with E-state index in [2.05, 4.69) is 34.8 Å². The molecule has 0 atom stereocenters. The molecule has 1 aromatic heterocycles. The van der Waals surface area contributed by atoms with Crippen molar-refractivity contribution in [3.05, 3.63) is 18.7 Å². The average molecular weight is 247 g/mol. The Morgan fingerprint density at radius 3 is 2.13 bits per heavy atom. The summed E-state index contributed by atoms with van der Waals surface area (Å²) in [5.74, 6) is 0. The van der Waals surface area contributed by atoms with Crippen molar-refractivity contribution in [3.8, 4) is 0 Å². The van der Waals surface area contributed by atoms with E-state index in [4.69, 9.17) is 0 Å². The fourth-order valence-electron chi connectivity index (χ4n) is 0.975. The third kappa shape index (κ3) is 11.3. The van der Waals surface area contributed by atoms with Gasteiger partial charge in [0.25, 0.3) is 0 Å². The van der Waals surface area contributed by atoms with Crippen molar-refractivity contribution >= 4 is 8.51 Å². The number of hydrogen-bond donors (Lipinski definition) is 0. The number of imidazole rings is 1. The summed E-state index contributed by atoms with van der Waals surface area (Å²) in [6.07, 6.45) is 8.82. The summed E-state index contributed by atoms with van der Waals surface area (Å²) >= 11 is 0. The van der Waals surface area contributed by atoms with Crippen LogP contribution in [0.4, 0.5) is 16.8 Å². The first kappa shape index (κ1) is 14.4. The van der Waals surface area contributed by atoms with Gasteiger partial charge in [0.15, 0.2) is 0 Å². The van der Waals surface area contributed by atoms with Gasteiger partial charge in [-0.2, -0.15) is 0 Å². The van der Waals surface area contributed by atoms with E-state index in [1.165, 1.54) is 12.8 Å². The van der Waals surface area contributed by atoms with Crippen LogP contribution in [0.15, 0.2) is 18.7 Å². The van der Waals surface area contributed by atoms with Crippen molar-refractivity contribution in [3.63, 3.8) is 0 Å². The van der Waals surface area contributed by atoms with Crippen LogP contribution in [-0.4, -0.2) is 4.57 Å². The monoisotopic (exact) mass is 247 g/mol. The van der Waals surface area contributed by atoms with Crippen LogP contribution in [-0.2, 0) is 13.6 Å². The summed E-state index contributed by atoms with van der Waals surface area (Å²) in [6, 6.07) is 0. The van der Waals surface area contributed by atoms with E-state index in [-0.39, 0.29) is 0 Å². The molecule has 0 N–H and O–H groups in total. The standard InChI is InChI=1S/C8H15N2.F4HP/c1-3-4-5-10-7-6-9(2)8-10;1-5(2,3)4/h6-8H,3-5H2,1-2H3;5H/q+1;-1. The molecule has 7 heteroatoms. The maximum atomic E-state index is 9.83. The van der Waals surface area contributed by atoms with E-state index in [1.54, 1.807) is 0 Å². The molecule has 0 aliphatic carbocycles. The molecule has 1 aromatic rings. The molecule has 0 saturated heterocycles. The van der Waals surface area contributed by atoms with Gasteiger partial charge < -0.3 is 0 Å². The van der Waals surface area contributed by atoms with Crippen LogP contribution in [0.5, 0.6) is 0 Å². The Hall–Kier alpha value is -0.640. The Labute approximate surface area is 87.3 Å². The van der Waals surface area contributed by atoms with Gasteiger partial charge in [-0.1, -0.05) is 13.3 Å². The van der Waals surface area contributed by atoms with Crippen LogP contribution < -0.4 is 4.57 Å². The molecule has 0 unspecified atom stereocenters. The zero-order valence-electron chi connectivity index (χ0n) is 8.76. The van der Waals surface area contributed by atoms with E-state index in [9.17, 15) is 16.8 Å². The molecule has 91 valence electrons. The second kappa shape index (κ2) is 6.77. The number of unbranched alkanes of at least 4 members (excludes halogenated alkanes) is 1. The number of aryl methyl sites for hydroxylation is 2. The van der Waals surface area contributed by atoms with Gasteiger partial charge in [-0.05, 0) is 6.42 Å². The van der Waals surface area contributed by atoms with E-state index < -0.39 is 8.51 Å². The van der Waals surface area contributed by atoms with Crippen LogP contribution in [0.3, 0.4) is 0 Å². The normalized spacial score (nSPS) is 11.9. The molecule has 0 saturated carbocycles. The Kier molecular flexibility index (Phi) is 6.48. The average Bonchev–Trinajstić information content (AvgIpc) is 2.45. The Morgan fingerprint density at radius 1 is 1.27 bits per heavy atom. The third-order valence-electron chi connectivity index (χ3n) is 1.59. The first-order valence-corrected chi connectivity index (χ1v) is 6.10. The summed E-state index contributed by atoms with van der Waals surface area (Å²) in [5.41, 5.74) is 0. The fourth-order valence-corrected chi connectivity index (χ4v) is 0.975. The summed E-state index contributed by atoms with van der Waals surface area (Å²) < 4.78 is 43.6. The van der Waals surface area contributed by atoms with E-state index >= 15 is 0 Å². The number of halogens is 4. The van der Waals surface area contributed by atoms with Gasteiger partial charge in [0, 0.05) is 0 Å². The summed E-state index contributed by atoms with van der Waals surface area (Å²) in [7, 11) is -4.57. The predicted molar refractivity (Wildman–Crippen MR) is 53.3 cm³/mol. The van der Waals surface area contributed by atoms with Crippen molar-refractivity contribution < 1.29 is 21.4 Å². The molecule has 15 heavy (non-hydrogen) atoms. The molecule has 2 nitrogen and oxygen atoms in total. The summed E-state index contributed by atoms with van der Waals surface area (Å²) in [5, 5.41) is 0. The van der Waals surface area contributed by atoms with Crippen molar-refractivity contribution in [2.24, 2.45) is 7.05 Å². The molecule has 0 radical (unpaired) electrons. The van der Waals surface area contributed by atoms with Gasteiger partial charge in [-0.25, -0.2) is 9.13 Å². The Morgan fingerprint density at radius 2 is 1.80 bits per heavy atom. The molecular weight excluding hydrogens is 231 g/mol. The zero-order valence-corrected chi connectivity index (χ0v) is 9.76. The predicted octanol–water partition coefficient (Wildman–Crippen LogP) is 3.39. The minimum absolute atomic E-state index is 1.15. The molecule has 0 amide bonds. The quantitative estimate of drug-likeness (QED) is 0.440. The van der Waals surface area contributed by atoms with E-state index in [1.807, 2.05) is 7.05 Å². The molecule has 0 aromatic carbocycles. The summed E-state index contributed by atoms with van der Waals surface area (Å²) in [6.45, 7) is 3.36. The van der Waals surface area contributed by atoms with Crippen LogP contribution in [0, 0.1) is 0 Å². The molecule has 0 spiro atoms. The van der Waals surface area contributed by atoms with Crippen LogP contribution >= 0.6 is 8.51 Å². The molecule has 0 aliphatic rings. The number of rotatable bonds is 3. The molecule has 0 fully saturated rings. The zero-order chi connectivity index (χ0) is 11.9. The number of nitrogens with zero attached hydrogens (tertiary/aromatic N) is 2. The molecule has 1 heterocycles. The SMILES string of the molecule is CCCC[n+]1ccn(C)c1.F[PH-](F)(F)F. The van der Waals surface area contributed by atoms with Crippen molar-refractivity contribution in [1.29, 1.82) is 0 Å². The minimum atomic E-state index is -6.61. The molecule has 0 bridgehead atoms. The van der Waals surface area contributed by atoms with Gasteiger partial charge >= 0.3 is 25.3 Å². The molecular formula is C8H16F4N2P. The van der Waals surface area contributed by atoms with Crippen LogP contribution in [0.25, 0.3) is 0 Å². The van der Waals surface area contributed by atoms with Crippen LogP contribution in [0.2, 0.25) is 0 Å². The van der Waals surface area contributed by atoms with Gasteiger partial charge in [0.1, 0.15) is 12.4 Å². The van der Waals surface area contributed by atoms with Gasteiger partial charge in [0.05, 0.1) is 13.6 Å².